The van der Waals surface area contributed by atoms with Crippen LogP contribution in [0.15, 0.2) is 30.3 Å². The minimum Gasteiger partial charge on any atom is -0.346 e. The van der Waals surface area contributed by atoms with Crippen molar-refractivity contribution >= 4 is 11.7 Å². The van der Waals surface area contributed by atoms with E-state index >= 15 is 0 Å². The zero-order chi connectivity index (χ0) is 19.3. The number of ketones is 1. The minimum absolute atomic E-state index is 0.00243. The van der Waals surface area contributed by atoms with Crippen molar-refractivity contribution < 1.29 is 22.8 Å². The molecule has 0 atom stereocenters. The Morgan fingerprint density at radius 2 is 1.85 bits per heavy atom. The van der Waals surface area contributed by atoms with Crippen LogP contribution in [0, 0.1) is 6.92 Å². The Bertz CT molecular complexity index is 820. The molecule has 1 N–H and O–H groups in total. The van der Waals surface area contributed by atoms with Crippen LogP contribution in [0.2, 0.25) is 0 Å². The Labute approximate surface area is 148 Å². The average Bonchev–Trinajstić information content (AvgIpc) is 2.58. The van der Waals surface area contributed by atoms with Gasteiger partial charge in [-0.1, -0.05) is 13.0 Å². The Morgan fingerprint density at radius 1 is 1.12 bits per heavy atom. The van der Waals surface area contributed by atoms with Gasteiger partial charge in [0.15, 0.2) is 0 Å². The number of carbonyl (C=O) groups is 2. The van der Waals surface area contributed by atoms with Crippen LogP contribution in [0.1, 0.15) is 46.5 Å². The molecule has 0 unspecified atom stereocenters. The largest absolute Gasteiger partial charge is 0.433 e. The number of aryl methyl sites for hydroxylation is 1. The molecule has 2 heterocycles. The Balaban J connectivity index is 2.10. The number of aromatic nitrogens is 2. The van der Waals surface area contributed by atoms with Gasteiger partial charge in [-0.2, -0.15) is 13.2 Å². The van der Waals surface area contributed by atoms with Crippen LogP contribution in [0.5, 0.6) is 0 Å². The summed E-state index contributed by atoms with van der Waals surface area (Å²) in [7, 11) is 0. The second kappa shape index (κ2) is 8.07. The first-order valence-corrected chi connectivity index (χ1v) is 7.99. The summed E-state index contributed by atoms with van der Waals surface area (Å²) < 4.78 is 38.0. The summed E-state index contributed by atoms with van der Waals surface area (Å²) in [6, 6.07) is 6.57. The summed E-state index contributed by atoms with van der Waals surface area (Å²) in [6.07, 6.45) is -4.03. The maximum absolute atomic E-state index is 12.7. The Hall–Kier alpha value is -2.77. The lowest BCUT2D eigenvalue weighted by molar-refractivity contribution is -0.141. The summed E-state index contributed by atoms with van der Waals surface area (Å²) in [6.45, 7) is 3.30. The first kappa shape index (κ1) is 19.6. The van der Waals surface area contributed by atoms with Crippen molar-refractivity contribution in [2.75, 3.05) is 0 Å². The van der Waals surface area contributed by atoms with Gasteiger partial charge in [0.25, 0.3) is 5.91 Å². The minimum atomic E-state index is -4.54. The van der Waals surface area contributed by atoms with Gasteiger partial charge in [-0.3, -0.25) is 14.6 Å². The van der Waals surface area contributed by atoms with Crippen molar-refractivity contribution in [3.05, 3.63) is 58.7 Å². The fourth-order valence-corrected chi connectivity index (χ4v) is 2.29. The molecule has 0 aromatic carbocycles. The molecule has 0 aliphatic heterocycles. The smallest absolute Gasteiger partial charge is 0.346 e. The third kappa shape index (κ3) is 5.37. The number of amides is 1. The molecule has 0 spiro atoms. The van der Waals surface area contributed by atoms with Gasteiger partial charge in [0.2, 0.25) is 0 Å². The maximum Gasteiger partial charge on any atom is 0.433 e. The van der Waals surface area contributed by atoms with Gasteiger partial charge in [0.1, 0.15) is 11.5 Å². The van der Waals surface area contributed by atoms with Gasteiger partial charge < -0.3 is 5.32 Å². The number of nitrogens with one attached hydrogen (secondary N) is 1. The van der Waals surface area contributed by atoms with E-state index in [0.717, 1.165) is 6.07 Å². The molecule has 0 bridgehead atoms. The topological polar surface area (TPSA) is 72.0 Å². The standard InChI is InChI=1S/C18H18F3N3O2/c1-3-15(25)9-14-8-12(7-11(2)23-14)17(26)22-10-13-5-4-6-16(24-13)18(19,20)21/h4-8H,3,9-10H2,1-2H3,(H,22,26). The maximum atomic E-state index is 12.7. The zero-order valence-corrected chi connectivity index (χ0v) is 14.4. The molecule has 2 aromatic rings. The SMILES string of the molecule is CCC(=O)Cc1cc(C(=O)NCc2cccc(C(F)(F)F)n2)cc(C)n1. The molecule has 0 fully saturated rings. The molecule has 0 radical (unpaired) electrons. The van der Waals surface area contributed by atoms with Crippen LogP contribution in [0.25, 0.3) is 0 Å². The molecular weight excluding hydrogens is 347 g/mol. The van der Waals surface area contributed by atoms with E-state index < -0.39 is 17.8 Å². The number of hydrogen-bond donors (Lipinski definition) is 1. The van der Waals surface area contributed by atoms with E-state index in [9.17, 15) is 22.8 Å². The molecular formula is C18H18F3N3O2. The number of hydrogen-bond acceptors (Lipinski definition) is 4. The average molecular weight is 365 g/mol. The van der Waals surface area contributed by atoms with Crippen LogP contribution in [-0.2, 0) is 23.9 Å². The van der Waals surface area contributed by atoms with E-state index in [0.29, 0.717) is 23.4 Å². The number of alkyl halides is 3. The highest BCUT2D eigenvalue weighted by atomic mass is 19.4. The predicted molar refractivity (Wildman–Crippen MR) is 88.4 cm³/mol. The third-order valence-corrected chi connectivity index (χ3v) is 3.57. The van der Waals surface area contributed by atoms with E-state index in [4.69, 9.17) is 0 Å². The van der Waals surface area contributed by atoms with E-state index in [1.54, 1.807) is 19.9 Å². The van der Waals surface area contributed by atoms with E-state index in [2.05, 4.69) is 15.3 Å². The summed E-state index contributed by atoms with van der Waals surface area (Å²) in [5.41, 5.74) is 0.445. The fraction of sp³-hybridized carbons (Fsp3) is 0.333. The quantitative estimate of drug-likeness (QED) is 0.853. The third-order valence-electron chi connectivity index (χ3n) is 3.57. The highest BCUT2D eigenvalue weighted by Gasteiger charge is 2.32. The molecule has 8 heteroatoms. The van der Waals surface area contributed by atoms with E-state index in [1.807, 2.05) is 0 Å². The molecule has 0 saturated carbocycles. The number of nitrogens with zero attached hydrogens (tertiary/aromatic N) is 2. The summed E-state index contributed by atoms with van der Waals surface area (Å²) in [4.78, 5) is 31.6. The molecule has 0 saturated heterocycles. The van der Waals surface area contributed by atoms with Crippen LogP contribution >= 0.6 is 0 Å². The first-order valence-electron chi connectivity index (χ1n) is 7.99. The number of halogens is 3. The number of rotatable bonds is 6. The summed E-state index contributed by atoms with van der Waals surface area (Å²) in [5.74, 6) is -0.470. The predicted octanol–water partition coefficient (Wildman–Crippen LogP) is 3.26. The van der Waals surface area contributed by atoms with E-state index in [1.165, 1.54) is 18.2 Å². The molecule has 138 valence electrons. The van der Waals surface area contributed by atoms with Crippen LogP contribution in [0.3, 0.4) is 0 Å². The monoisotopic (exact) mass is 365 g/mol. The molecule has 2 rings (SSSR count). The molecule has 0 aliphatic carbocycles. The van der Waals surface area contributed by atoms with Crippen molar-refractivity contribution in [2.45, 2.75) is 39.4 Å². The summed E-state index contributed by atoms with van der Waals surface area (Å²) >= 11 is 0. The molecule has 2 aromatic heterocycles. The van der Waals surface area contributed by atoms with Gasteiger partial charge >= 0.3 is 6.18 Å². The van der Waals surface area contributed by atoms with Crippen molar-refractivity contribution in [3.8, 4) is 0 Å². The van der Waals surface area contributed by atoms with Gasteiger partial charge in [0, 0.05) is 29.8 Å². The fourth-order valence-electron chi connectivity index (χ4n) is 2.29. The number of pyridine rings is 2. The normalized spacial score (nSPS) is 11.3. The second-order valence-corrected chi connectivity index (χ2v) is 5.75. The second-order valence-electron chi connectivity index (χ2n) is 5.75. The lowest BCUT2D eigenvalue weighted by Gasteiger charge is -2.10. The molecule has 26 heavy (non-hydrogen) atoms. The number of carbonyl (C=O) groups excluding carboxylic acids is 2. The molecule has 0 aliphatic rings. The van der Waals surface area contributed by atoms with Crippen molar-refractivity contribution in [3.63, 3.8) is 0 Å². The lowest BCUT2D eigenvalue weighted by Crippen LogP contribution is -2.24. The van der Waals surface area contributed by atoms with E-state index in [-0.39, 0.29) is 24.4 Å². The van der Waals surface area contributed by atoms with Gasteiger partial charge in [-0.25, -0.2) is 4.98 Å². The van der Waals surface area contributed by atoms with Gasteiger partial charge in [0.05, 0.1) is 12.2 Å². The van der Waals surface area contributed by atoms with Crippen LogP contribution in [-0.4, -0.2) is 21.7 Å². The zero-order valence-electron chi connectivity index (χ0n) is 14.4. The van der Waals surface area contributed by atoms with Crippen molar-refractivity contribution in [1.82, 2.24) is 15.3 Å². The lowest BCUT2D eigenvalue weighted by atomic mass is 10.1. The van der Waals surface area contributed by atoms with Crippen LogP contribution < -0.4 is 5.32 Å². The first-order chi connectivity index (χ1) is 12.2. The van der Waals surface area contributed by atoms with Crippen molar-refractivity contribution in [1.29, 1.82) is 0 Å². The van der Waals surface area contributed by atoms with Crippen molar-refractivity contribution in [2.24, 2.45) is 0 Å². The van der Waals surface area contributed by atoms with Gasteiger partial charge in [-0.15, -0.1) is 0 Å². The van der Waals surface area contributed by atoms with Gasteiger partial charge in [-0.05, 0) is 31.2 Å². The Morgan fingerprint density at radius 3 is 2.50 bits per heavy atom. The highest BCUT2D eigenvalue weighted by molar-refractivity contribution is 5.94. The molecule has 5 nitrogen and oxygen atoms in total. The Kier molecular flexibility index (Phi) is 6.07. The molecule has 1 amide bonds. The highest BCUT2D eigenvalue weighted by Crippen LogP contribution is 2.27. The number of Topliss-reactive ketones (excluding diaryl/α,β-unsaturated/α-hetero) is 1. The van der Waals surface area contributed by atoms with Crippen LogP contribution in [0.4, 0.5) is 13.2 Å². The summed E-state index contributed by atoms with van der Waals surface area (Å²) in [5, 5.41) is 2.53.